The molecule has 4 heteroatoms. The highest BCUT2D eigenvalue weighted by Gasteiger charge is 2.29. The van der Waals surface area contributed by atoms with Gasteiger partial charge in [-0.2, -0.15) is 0 Å². The van der Waals surface area contributed by atoms with Crippen molar-refractivity contribution in [2.75, 3.05) is 26.7 Å². The first-order valence-electron chi connectivity index (χ1n) is 6.22. The zero-order valence-corrected chi connectivity index (χ0v) is 12.7. The smallest absolute Gasteiger partial charge is 0.0451 e. The van der Waals surface area contributed by atoms with E-state index in [-0.39, 0.29) is 12.4 Å². The predicted molar refractivity (Wildman–Crippen MR) is 80.6 cm³/mol. The standard InChI is InChI=1S/C14H21ClN2.ClH/c1-14(7-8-16-10-14)11-17(2)9-12-5-3-4-6-13(12)15;/h3-6,16H,7-11H2,1-2H3;1H. The fraction of sp³-hybridized carbons (Fsp3) is 0.571. The van der Waals surface area contributed by atoms with Crippen LogP contribution in [-0.4, -0.2) is 31.6 Å². The van der Waals surface area contributed by atoms with Gasteiger partial charge in [0.05, 0.1) is 0 Å². The van der Waals surface area contributed by atoms with E-state index in [9.17, 15) is 0 Å². The molecule has 0 aromatic heterocycles. The van der Waals surface area contributed by atoms with Crippen LogP contribution in [0.25, 0.3) is 0 Å². The van der Waals surface area contributed by atoms with Gasteiger partial charge in [0.2, 0.25) is 0 Å². The van der Waals surface area contributed by atoms with Crippen LogP contribution in [0.4, 0.5) is 0 Å². The Bertz CT molecular complexity index is 376. The number of halogens is 2. The first-order chi connectivity index (χ1) is 8.09. The van der Waals surface area contributed by atoms with Crippen LogP contribution >= 0.6 is 24.0 Å². The van der Waals surface area contributed by atoms with Crippen LogP contribution in [0.2, 0.25) is 5.02 Å². The van der Waals surface area contributed by atoms with Gasteiger partial charge in [0.15, 0.2) is 0 Å². The average molecular weight is 289 g/mol. The molecule has 1 aromatic rings. The molecule has 1 aliphatic heterocycles. The second-order valence-corrected chi connectivity index (χ2v) is 5.91. The van der Waals surface area contributed by atoms with E-state index >= 15 is 0 Å². The third-order valence-corrected chi connectivity index (χ3v) is 3.88. The van der Waals surface area contributed by atoms with Gasteiger partial charge in [-0.05, 0) is 37.1 Å². The minimum Gasteiger partial charge on any atom is -0.316 e. The molecule has 0 saturated carbocycles. The summed E-state index contributed by atoms with van der Waals surface area (Å²) in [4.78, 5) is 2.37. The molecule has 2 nitrogen and oxygen atoms in total. The summed E-state index contributed by atoms with van der Waals surface area (Å²) in [6.07, 6.45) is 1.26. The highest BCUT2D eigenvalue weighted by molar-refractivity contribution is 6.31. The lowest BCUT2D eigenvalue weighted by Gasteiger charge is -2.29. The van der Waals surface area contributed by atoms with Crippen molar-refractivity contribution in [1.82, 2.24) is 10.2 Å². The molecule has 1 fully saturated rings. The summed E-state index contributed by atoms with van der Waals surface area (Å²) in [5.41, 5.74) is 1.63. The minimum atomic E-state index is 0. The lowest BCUT2D eigenvalue weighted by molar-refractivity contribution is 0.203. The van der Waals surface area contributed by atoms with Gasteiger partial charge in [-0.1, -0.05) is 36.7 Å². The van der Waals surface area contributed by atoms with Crippen LogP contribution in [0.1, 0.15) is 18.9 Å². The molecule has 1 atom stereocenters. The third kappa shape index (κ3) is 4.13. The molecule has 0 aliphatic carbocycles. The van der Waals surface area contributed by atoms with Gasteiger partial charge < -0.3 is 10.2 Å². The summed E-state index contributed by atoms with van der Waals surface area (Å²) in [5.74, 6) is 0. The molecule has 0 radical (unpaired) electrons. The molecule has 1 saturated heterocycles. The summed E-state index contributed by atoms with van der Waals surface area (Å²) < 4.78 is 0. The molecule has 2 rings (SSSR count). The first-order valence-corrected chi connectivity index (χ1v) is 6.60. The maximum absolute atomic E-state index is 6.18. The third-order valence-electron chi connectivity index (χ3n) is 3.51. The Kier molecular flexibility index (Phi) is 5.93. The van der Waals surface area contributed by atoms with Gasteiger partial charge in [-0.15, -0.1) is 12.4 Å². The van der Waals surface area contributed by atoms with Crippen LogP contribution < -0.4 is 5.32 Å². The Hall–Kier alpha value is -0.280. The average Bonchev–Trinajstić information content (AvgIpc) is 2.68. The van der Waals surface area contributed by atoms with E-state index in [4.69, 9.17) is 11.6 Å². The van der Waals surface area contributed by atoms with E-state index < -0.39 is 0 Å². The van der Waals surface area contributed by atoms with Crippen molar-refractivity contribution in [2.45, 2.75) is 19.9 Å². The largest absolute Gasteiger partial charge is 0.316 e. The Morgan fingerprint density at radius 1 is 1.39 bits per heavy atom. The van der Waals surface area contributed by atoms with Crippen molar-refractivity contribution in [2.24, 2.45) is 5.41 Å². The fourth-order valence-electron chi connectivity index (χ4n) is 2.63. The molecule has 18 heavy (non-hydrogen) atoms. The summed E-state index contributed by atoms with van der Waals surface area (Å²) >= 11 is 6.18. The topological polar surface area (TPSA) is 15.3 Å². The Morgan fingerprint density at radius 3 is 2.72 bits per heavy atom. The molecule has 0 amide bonds. The minimum absolute atomic E-state index is 0. The van der Waals surface area contributed by atoms with E-state index in [1.807, 2.05) is 18.2 Å². The Morgan fingerprint density at radius 2 is 2.11 bits per heavy atom. The Labute approximate surface area is 121 Å². The first kappa shape index (κ1) is 15.8. The fourth-order valence-corrected chi connectivity index (χ4v) is 2.82. The highest BCUT2D eigenvalue weighted by atomic mass is 35.5. The van der Waals surface area contributed by atoms with Gasteiger partial charge in [-0.25, -0.2) is 0 Å². The number of nitrogens with zero attached hydrogens (tertiary/aromatic N) is 1. The van der Waals surface area contributed by atoms with Gasteiger partial charge in [0.25, 0.3) is 0 Å². The van der Waals surface area contributed by atoms with Gasteiger partial charge in [0, 0.05) is 24.7 Å². The molecule has 0 bridgehead atoms. The summed E-state index contributed by atoms with van der Waals surface area (Å²) in [6.45, 7) is 6.67. The molecular formula is C14H22Cl2N2. The van der Waals surface area contributed by atoms with Crippen molar-refractivity contribution in [3.8, 4) is 0 Å². The summed E-state index contributed by atoms with van der Waals surface area (Å²) in [5, 5.41) is 4.31. The quantitative estimate of drug-likeness (QED) is 0.915. The Balaban J connectivity index is 0.00000162. The number of benzene rings is 1. The second kappa shape index (κ2) is 6.76. The predicted octanol–water partition coefficient (Wildman–Crippen LogP) is 3.19. The van der Waals surface area contributed by atoms with Gasteiger partial charge in [0.1, 0.15) is 0 Å². The number of rotatable bonds is 4. The van der Waals surface area contributed by atoms with Crippen molar-refractivity contribution >= 4 is 24.0 Å². The van der Waals surface area contributed by atoms with Crippen molar-refractivity contribution in [3.63, 3.8) is 0 Å². The number of hydrogen-bond donors (Lipinski definition) is 1. The normalized spacial score (nSPS) is 23.1. The van der Waals surface area contributed by atoms with Crippen molar-refractivity contribution < 1.29 is 0 Å². The van der Waals surface area contributed by atoms with E-state index in [2.05, 4.69) is 30.3 Å². The van der Waals surface area contributed by atoms with E-state index in [1.54, 1.807) is 0 Å². The van der Waals surface area contributed by atoms with Crippen LogP contribution in [0, 0.1) is 5.41 Å². The molecule has 1 N–H and O–H groups in total. The molecule has 1 aliphatic rings. The van der Waals surface area contributed by atoms with Crippen LogP contribution in [0.5, 0.6) is 0 Å². The highest BCUT2D eigenvalue weighted by Crippen LogP contribution is 2.26. The second-order valence-electron chi connectivity index (χ2n) is 5.50. The molecule has 1 aromatic carbocycles. The van der Waals surface area contributed by atoms with Gasteiger partial charge >= 0.3 is 0 Å². The van der Waals surface area contributed by atoms with Gasteiger partial charge in [-0.3, -0.25) is 0 Å². The lowest BCUT2D eigenvalue weighted by atomic mass is 9.89. The van der Waals surface area contributed by atoms with Crippen LogP contribution in [0.15, 0.2) is 24.3 Å². The zero-order chi connectivity index (χ0) is 12.3. The van der Waals surface area contributed by atoms with Crippen LogP contribution in [-0.2, 0) is 6.54 Å². The van der Waals surface area contributed by atoms with E-state index in [0.29, 0.717) is 5.41 Å². The summed E-state index contributed by atoms with van der Waals surface area (Å²) in [7, 11) is 2.17. The number of nitrogens with one attached hydrogen (secondary N) is 1. The maximum Gasteiger partial charge on any atom is 0.0451 e. The maximum atomic E-state index is 6.18. The molecule has 0 spiro atoms. The summed E-state index contributed by atoms with van der Waals surface area (Å²) in [6, 6.07) is 8.10. The van der Waals surface area contributed by atoms with E-state index in [0.717, 1.165) is 31.2 Å². The van der Waals surface area contributed by atoms with Crippen molar-refractivity contribution in [1.29, 1.82) is 0 Å². The molecular weight excluding hydrogens is 267 g/mol. The SMILES string of the molecule is CN(Cc1ccccc1Cl)CC1(C)CCNC1.Cl. The molecule has 1 unspecified atom stereocenters. The molecule has 102 valence electrons. The van der Waals surface area contributed by atoms with Crippen LogP contribution in [0.3, 0.4) is 0 Å². The lowest BCUT2D eigenvalue weighted by Crippen LogP contribution is -2.34. The number of hydrogen-bond acceptors (Lipinski definition) is 2. The van der Waals surface area contributed by atoms with Crippen molar-refractivity contribution in [3.05, 3.63) is 34.9 Å². The van der Waals surface area contributed by atoms with E-state index in [1.165, 1.54) is 12.0 Å². The molecule has 1 heterocycles. The zero-order valence-electron chi connectivity index (χ0n) is 11.1. The monoisotopic (exact) mass is 288 g/mol.